The lowest BCUT2D eigenvalue weighted by Crippen LogP contribution is -2.20. The standard InChI is InChI=1S/C12H17BrFN/c1-3-9(2)7-15-8-10-4-5-11(14)6-12(10)13/h4-6,9,15H,3,7-8H2,1-2H3. The van der Waals surface area contributed by atoms with Gasteiger partial charge in [-0.3, -0.25) is 0 Å². The lowest BCUT2D eigenvalue weighted by molar-refractivity contribution is 0.499. The van der Waals surface area contributed by atoms with Crippen molar-refractivity contribution in [3.05, 3.63) is 34.1 Å². The maximum Gasteiger partial charge on any atom is 0.124 e. The molecular formula is C12H17BrFN. The first kappa shape index (κ1) is 12.7. The van der Waals surface area contributed by atoms with Gasteiger partial charge < -0.3 is 5.32 Å². The molecule has 1 rings (SSSR count). The molecule has 1 aromatic carbocycles. The van der Waals surface area contributed by atoms with Crippen LogP contribution in [-0.4, -0.2) is 6.54 Å². The van der Waals surface area contributed by atoms with Crippen LogP contribution in [-0.2, 0) is 6.54 Å². The van der Waals surface area contributed by atoms with Gasteiger partial charge in [0.1, 0.15) is 5.82 Å². The lowest BCUT2D eigenvalue weighted by atomic mass is 10.1. The first-order valence-electron chi connectivity index (χ1n) is 5.28. The molecule has 0 saturated carbocycles. The summed E-state index contributed by atoms with van der Waals surface area (Å²) in [4.78, 5) is 0. The largest absolute Gasteiger partial charge is 0.312 e. The molecule has 0 fully saturated rings. The summed E-state index contributed by atoms with van der Waals surface area (Å²) in [6.45, 7) is 6.18. The maximum atomic E-state index is 12.8. The molecular weight excluding hydrogens is 257 g/mol. The fraction of sp³-hybridized carbons (Fsp3) is 0.500. The molecule has 15 heavy (non-hydrogen) atoms. The first-order chi connectivity index (χ1) is 7.13. The second-order valence-electron chi connectivity index (χ2n) is 3.88. The average molecular weight is 274 g/mol. The minimum Gasteiger partial charge on any atom is -0.312 e. The van der Waals surface area contributed by atoms with Crippen molar-refractivity contribution in [3.63, 3.8) is 0 Å². The average Bonchev–Trinajstić information content (AvgIpc) is 2.21. The Morgan fingerprint density at radius 1 is 1.47 bits per heavy atom. The molecule has 0 aliphatic rings. The van der Waals surface area contributed by atoms with E-state index in [0.29, 0.717) is 5.92 Å². The zero-order valence-electron chi connectivity index (χ0n) is 9.19. The van der Waals surface area contributed by atoms with E-state index < -0.39 is 0 Å². The summed E-state index contributed by atoms with van der Waals surface area (Å²) < 4.78 is 13.6. The van der Waals surface area contributed by atoms with Crippen LogP contribution in [0, 0.1) is 11.7 Å². The molecule has 1 atom stereocenters. The third kappa shape index (κ3) is 4.31. The Morgan fingerprint density at radius 3 is 2.80 bits per heavy atom. The molecule has 1 nitrogen and oxygen atoms in total. The fourth-order valence-electron chi connectivity index (χ4n) is 1.26. The van der Waals surface area contributed by atoms with Gasteiger partial charge in [-0.2, -0.15) is 0 Å². The summed E-state index contributed by atoms with van der Waals surface area (Å²) in [5.41, 5.74) is 1.10. The van der Waals surface area contributed by atoms with E-state index in [1.807, 2.05) is 6.07 Å². The van der Waals surface area contributed by atoms with Crippen LogP contribution in [0.4, 0.5) is 4.39 Å². The molecule has 1 N–H and O–H groups in total. The van der Waals surface area contributed by atoms with Crippen molar-refractivity contribution in [3.8, 4) is 0 Å². The summed E-state index contributed by atoms with van der Waals surface area (Å²) in [5, 5.41) is 3.36. The highest BCUT2D eigenvalue weighted by molar-refractivity contribution is 9.10. The van der Waals surface area contributed by atoms with E-state index in [1.54, 1.807) is 0 Å². The van der Waals surface area contributed by atoms with Crippen molar-refractivity contribution in [2.45, 2.75) is 26.8 Å². The predicted molar refractivity (Wildman–Crippen MR) is 65.3 cm³/mol. The summed E-state index contributed by atoms with van der Waals surface area (Å²) in [7, 11) is 0. The van der Waals surface area contributed by atoms with Crippen LogP contribution in [0.2, 0.25) is 0 Å². The van der Waals surface area contributed by atoms with Crippen molar-refractivity contribution in [1.82, 2.24) is 5.32 Å². The zero-order valence-corrected chi connectivity index (χ0v) is 10.8. The molecule has 0 aliphatic heterocycles. The van der Waals surface area contributed by atoms with Crippen molar-refractivity contribution in [2.24, 2.45) is 5.92 Å². The van der Waals surface area contributed by atoms with Gasteiger partial charge in [-0.05, 0) is 30.2 Å². The second-order valence-corrected chi connectivity index (χ2v) is 4.73. The van der Waals surface area contributed by atoms with Crippen molar-refractivity contribution in [1.29, 1.82) is 0 Å². The van der Waals surface area contributed by atoms with E-state index >= 15 is 0 Å². The van der Waals surface area contributed by atoms with Crippen molar-refractivity contribution in [2.75, 3.05) is 6.54 Å². The number of hydrogen-bond acceptors (Lipinski definition) is 1. The monoisotopic (exact) mass is 273 g/mol. The maximum absolute atomic E-state index is 12.8. The summed E-state index contributed by atoms with van der Waals surface area (Å²) in [5.74, 6) is 0.483. The van der Waals surface area contributed by atoms with Gasteiger partial charge in [0.25, 0.3) is 0 Å². The Morgan fingerprint density at radius 2 is 2.20 bits per heavy atom. The highest BCUT2D eigenvalue weighted by Crippen LogP contribution is 2.17. The Bertz CT molecular complexity index is 314. The Labute approximate surface area is 99.2 Å². The van der Waals surface area contributed by atoms with Gasteiger partial charge in [-0.15, -0.1) is 0 Å². The van der Waals surface area contributed by atoms with Crippen LogP contribution < -0.4 is 5.32 Å². The molecule has 0 bridgehead atoms. The Balaban J connectivity index is 2.44. The van der Waals surface area contributed by atoms with Crippen LogP contribution in [0.15, 0.2) is 22.7 Å². The van der Waals surface area contributed by atoms with Gasteiger partial charge in [-0.25, -0.2) is 4.39 Å². The van der Waals surface area contributed by atoms with Crippen molar-refractivity contribution >= 4 is 15.9 Å². The van der Waals surface area contributed by atoms with Gasteiger partial charge >= 0.3 is 0 Å². The topological polar surface area (TPSA) is 12.0 Å². The molecule has 0 aromatic heterocycles. The molecule has 0 saturated heterocycles. The van der Waals surface area contributed by atoms with E-state index in [-0.39, 0.29) is 5.82 Å². The number of hydrogen-bond donors (Lipinski definition) is 1. The molecule has 84 valence electrons. The van der Waals surface area contributed by atoms with Gasteiger partial charge in [0.15, 0.2) is 0 Å². The van der Waals surface area contributed by atoms with Crippen LogP contribution in [0.1, 0.15) is 25.8 Å². The summed E-state index contributed by atoms with van der Waals surface area (Å²) in [6, 6.07) is 4.80. The minimum atomic E-state index is -0.201. The van der Waals surface area contributed by atoms with E-state index in [4.69, 9.17) is 0 Å². The quantitative estimate of drug-likeness (QED) is 0.862. The first-order valence-corrected chi connectivity index (χ1v) is 6.07. The number of halogens is 2. The third-order valence-corrected chi connectivity index (χ3v) is 3.26. The number of nitrogens with one attached hydrogen (secondary N) is 1. The molecule has 0 aliphatic carbocycles. The van der Waals surface area contributed by atoms with Gasteiger partial charge in [0.05, 0.1) is 0 Å². The van der Waals surface area contributed by atoms with Crippen molar-refractivity contribution < 1.29 is 4.39 Å². The molecule has 0 heterocycles. The fourth-order valence-corrected chi connectivity index (χ4v) is 1.75. The molecule has 3 heteroatoms. The highest BCUT2D eigenvalue weighted by atomic mass is 79.9. The smallest absolute Gasteiger partial charge is 0.124 e. The molecule has 1 unspecified atom stereocenters. The minimum absolute atomic E-state index is 0.201. The lowest BCUT2D eigenvalue weighted by Gasteiger charge is -2.11. The number of benzene rings is 1. The van der Waals surface area contributed by atoms with E-state index in [1.165, 1.54) is 18.6 Å². The predicted octanol–water partition coefficient (Wildman–Crippen LogP) is 3.72. The molecule has 0 amide bonds. The van der Waals surface area contributed by atoms with E-state index in [0.717, 1.165) is 23.1 Å². The summed E-state index contributed by atoms with van der Waals surface area (Å²) >= 11 is 3.35. The number of rotatable bonds is 5. The SMILES string of the molecule is CCC(C)CNCc1ccc(F)cc1Br. The van der Waals surface area contributed by atoms with E-state index in [9.17, 15) is 4.39 Å². The van der Waals surface area contributed by atoms with Crippen LogP contribution in [0.5, 0.6) is 0 Å². The van der Waals surface area contributed by atoms with Crippen LogP contribution >= 0.6 is 15.9 Å². The highest BCUT2D eigenvalue weighted by Gasteiger charge is 2.02. The zero-order chi connectivity index (χ0) is 11.3. The second kappa shape index (κ2) is 6.23. The van der Waals surface area contributed by atoms with Gasteiger partial charge in [0, 0.05) is 11.0 Å². The Hall–Kier alpha value is -0.410. The van der Waals surface area contributed by atoms with Gasteiger partial charge in [0.2, 0.25) is 0 Å². The van der Waals surface area contributed by atoms with E-state index in [2.05, 4.69) is 35.1 Å². The van der Waals surface area contributed by atoms with Gasteiger partial charge in [-0.1, -0.05) is 42.3 Å². The normalized spacial score (nSPS) is 12.8. The summed E-state index contributed by atoms with van der Waals surface area (Å²) in [6.07, 6.45) is 1.18. The molecule has 0 spiro atoms. The van der Waals surface area contributed by atoms with Crippen LogP contribution in [0.3, 0.4) is 0 Å². The Kier molecular flexibility index (Phi) is 5.26. The molecule has 1 aromatic rings. The van der Waals surface area contributed by atoms with Crippen LogP contribution in [0.25, 0.3) is 0 Å². The third-order valence-electron chi connectivity index (χ3n) is 2.52. The molecule has 0 radical (unpaired) electrons.